The van der Waals surface area contributed by atoms with E-state index >= 15 is 0 Å². The van der Waals surface area contributed by atoms with Crippen LogP contribution in [0.2, 0.25) is 0 Å². The van der Waals surface area contributed by atoms with Gasteiger partial charge in [-0.15, -0.1) is 0 Å². The average molecular weight is 245 g/mol. The van der Waals surface area contributed by atoms with Crippen molar-refractivity contribution in [1.29, 1.82) is 0 Å². The van der Waals surface area contributed by atoms with Crippen LogP contribution in [0.1, 0.15) is 0 Å². The molecule has 0 rings (SSSR count). The minimum absolute atomic E-state index is 0. The second-order valence-electron chi connectivity index (χ2n) is 0.305. The summed E-state index contributed by atoms with van der Waals surface area (Å²) in [6.45, 7) is 0. The zero-order valence-electron chi connectivity index (χ0n) is 2.43. The van der Waals surface area contributed by atoms with Crippen molar-refractivity contribution in [3.63, 3.8) is 0 Å². The summed E-state index contributed by atoms with van der Waals surface area (Å²) < 4.78 is -0.833. The molecule has 0 aliphatic heterocycles. The molecular weight excluding hydrogens is 241 g/mol. The third kappa shape index (κ3) is 54.8. The molecule has 30 valence electrons. The molecule has 0 saturated heterocycles. The molecule has 0 aromatic heterocycles. The molecule has 0 spiro atoms. The van der Waals surface area contributed by atoms with Crippen LogP contribution >= 0.6 is 0 Å². The van der Waals surface area contributed by atoms with Gasteiger partial charge in [-0.25, -0.2) is 0 Å². The maximum absolute atomic E-state index is 9.00. The van der Waals surface area contributed by atoms with Crippen LogP contribution in [0.5, 0.6) is 0 Å². The Bertz CT molecular complexity index is 32.6. The molecule has 2 radical (unpaired) electrons. The first-order chi connectivity index (χ1) is 1.73. The third-order valence-corrected chi connectivity index (χ3v) is 0. The molecule has 0 amide bonds. The van der Waals surface area contributed by atoms with Gasteiger partial charge in [0.25, 0.3) is 0 Å². The van der Waals surface area contributed by atoms with Crippen LogP contribution < -0.4 is 0 Å². The van der Waals surface area contributed by atoms with Crippen molar-refractivity contribution in [2.24, 2.45) is 0 Å². The Morgan fingerprint density at radius 3 is 1.80 bits per heavy atom. The molecule has 0 heterocycles. The van der Waals surface area contributed by atoms with E-state index in [0.717, 1.165) is 16.9 Å². The molecule has 5 heavy (non-hydrogen) atoms. The van der Waals surface area contributed by atoms with E-state index in [9.17, 15) is 0 Å². The second kappa shape index (κ2) is 4.85. The van der Waals surface area contributed by atoms with Gasteiger partial charge in [0.15, 0.2) is 0 Å². The first kappa shape index (κ1) is 9.28. The normalized spacial score (nSPS) is 5.00. The zero-order chi connectivity index (χ0) is 3.58. The average Bonchev–Trinajstić information content (AvgIpc) is 0.811. The van der Waals surface area contributed by atoms with Crippen molar-refractivity contribution >= 4 is 46.0 Å². The van der Waals surface area contributed by atoms with Crippen LogP contribution in [0.4, 0.5) is 4.79 Å². The predicted molar refractivity (Wildman–Crippen MR) is 23.7 cm³/mol. The predicted octanol–water partition coefficient (Wildman–Crippen LogP) is -1.35. The summed E-state index contributed by atoms with van der Waals surface area (Å²) in [5.74, 6) is 0. The Balaban J connectivity index is 0. The summed E-state index contributed by atoms with van der Waals surface area (Å²) in [7, 11) is 0. The van der Waals surface area contributed by atoms with Crippen molar-refractivity contribution in [2.45, 2.75) is 0 Å². The van der Waals surface area contributed by atoms with E-state index < -0.39 is 4.76 Å². The van der Waals surface area contributed by atoms with Crippen molar-refractivity contribution in [2.75, 3.05) is 0 Å². The standard InChI is InChI=1S/CH2AsO2.Sb.2H/c2-1(3)4;;;/h2H,(H,3,4);;;. The van der Waals surface area contributed by atoms with Crippen LogP contribution in [-0.2, 0) is 0 Å². The Kier molecular flexibility index (Phi) is 9.00. The first-order valence-corrected chi connectivity index (χ1v) is 1.73. The molecule has 0 aromatic rings. The van der Waals surface area contributed by atoms with Crippen molar-refractivity contribution in [3.05, 3.63) is 0 Å². The second-order valence-corrected chi connectivity index (χ2v) is 1.20. The summed E-state index contributed by atoms with van der Waals surface area (Å²) in [4.78, 5) is 9.00. The molecule has 0 fully saturated rings. The van der Waals surface area contributed by atoms with Gasteiger partial charge in [0.05, 0.1) is 0 Å². The van der Waals surface area contributed by atoms with Crippen LogP contribution in [0.15, 0.2) is 0 Å². The summed E-state index contributed by atoms with van der Waals surface area (Å²) >= 11 is 1.08. The molecule has 0 aliphatic carbocycles. The number of carboxylic acid groups (broad SMARTS) is 1. The Labute approximate surface area is 55.9 Å². The van der Waals surface area contributed by atoms with Gasteiger partial charge in [-0.2, -0.15) is 0 Å². The molecule has 4 heteroatoms. The maximum atomic E-state index is 9.00. The van der Waals surface area contributed by atoms with E-state index in [1.807, 2.05) is 0 Å². The summed E-state index contributed by atoms with van der Waals surface area (Å²) in [5.41, 5.74) is 0. The molecule has 0 atom stereocenters. The summed E-state index contributed by atoms with van der Waals surface area (Å²) in [5, 5.41) is 7.42. The minimum atomic E-state index is -0.833. The van der Waals surface area contributed by atoms with Gasteiger partial charge < -0.3 is 0 Å². The number of rotatable bonds is 0. The fraction of sp³-hybridized carbons (Fsp3) is 0. The van der Waals surface area contributed by atoms with E-state index in [1.54, 1.807) is 0 Å². The number of hydrogen-bond acceptors (Lipinski definition) is 1. The van der Waals surface area contributed by atoms with E-state index in [-0.39, 0.29) is 24.4 Å². The fourth-order valence-corrected chi connectivity index (χ4v) is 0. The molecule has 1 N–H and O–H groups in total. The van der Waals surface area contributed by atoms with Crippen LogP contribution in [0.25, 0.3) is 0 Å². The first-order valence-electron chi connectivity index (χ1n) is 0.678. The summed E-state index contributed by atoms with van der Waals surface area (Å²) in [6, 6.07) is 0. The van der Waals surface area contributed by atoms with Crippen LogP contribution in [0, 0.1) is 0 Å². The van der Waals surface area contributed by atoms with Gasteiger partial charge >= 0.3 is 55.9 Å². The van der Waals surface area contributed by atoms with E-state index in [4.69, 9.17) is 9.90 Å². The SMILES string of the molecule is O=C(O)[AsH].[SbH2]. The zero-order valence-corrected chi connectivity index (χ0v) is 7.83. The van der Waals surface area contributed by atoms with Gasteiger partial charge in [0.2, 0.25) is 0 Å². The monoisotopic (exact) mass is 244 g/mol. The van der Waals surface area contributed by atoms with Gasteiger partial charge in [0.1, 0.15) is 0 Å². The molecule has 0 aliphatic rings. The van der Waals surface area contributed by atoms with Gasteiger partial charge in [-0.05, 0) is 0 Å². The van der Waals surface area contributed by atoms with Gasteiger partial charge in [0, 0.05) is 0 Å². The molecule has 0 unspecified atom stereocenters. The Morgan fingerprint density at radius 1 is 1.80 bits per heavy atom. The van der Waals surface area contributed by atoms with Crippen molar-refractivity contribution in [3.8, 4) is 0 Å². The molecule has 0 aromatic carbocycles. The number of hydrogen-bond donors (Lipinski definition) is 1. The molecule has 0 bridgehead atoms. The molecule has 2 nitrogen and oxygen atoms in total. The van der Waals surface area contributed by atoms with Crippen molar-refractivity contribution < 1.29 is 9.90 Å². The van der Waals surface area contributed by atoms with E-state index in [1.165, 1.54) is 0 Å². The molecule has 0 saturated carbocycles. The quantitative estimate of drug-likeness (QED) is 0.535. The van der Waals surface area contributed by atoms with Crippen LogP contribution in [-0.4, -0.2) is 51.1 Å². The van der Waals surface area contributed by atoms with E-state index in [0.29, 0.717) is 0 Å². The van der Waals surface area contributed by atoms with Gasteiger partial charge in [-0.1, -0.05) is 0 Å². The molecular formula is CH4AsO2Sb. The Morgan fingerprint density at radius 2 is 1.80 bits per heavy atom. The topological polar surface area (TPSA) is 37.3 Å². The van der Waals surface area contributed by atoms with Crippen molar-refractivity contribution in [1.82, 2.24) is 0 Å². The number of carbonyl (C=O) groups is 1. The summed E-state index contributed by atoms with van der Waals surface area (Å²) in [6.07, 6.45) is 0. The fourth-order valence-electron chi connectivity index (χ4n) is 0. The van der Waals surface area contributed by atoms with E-state index in [2.05, 4.69) is 0 Å². The Hall–Kier alpha value is 0.847. The van der Waals surface area contributed by atoms with Crippen LogP contribution in [0.3, 0.4) is 0 Å². The third-order valence-electron chi connectivity index (χ3n) is 0. The van der Waals surface area contributed by atoms with Gasteiger partial charge in [-0.3, -0.25) is 0 Å².